The first-order chi connectivity index (χ1) is 26.8. The maximum Gasteiger partial charge on any atom is 0.472 e. The number of allylic oxidation sites excluding steroid dienone is 12. The van der Waals surface area contributed by atoms with Gasteiger partial charge >= 0.3 is 19.8 Å². The number of esters is 2. The molecule has 0 aliphatic heterocycles. The van der Waals surface area contributed by atoms with Crippen molar-refractivity contribution in [2.45, 2.75) is 174 Å². The second kappa shape index (κ2) is 41.1. The molecule has 0 amide bonds. The van der Waals surface area contributed by atoms with Crippen LogP contribution in [0.25, 0.3) is 0 Å². The monoisotopic (exact) mass is 792 g/mol. The van der Waals surface area contributed by atoms with E-state index in [9.17, 15) is 19.0 Å². The quantitative estimate of drug-likeness (QED) is 0.0270. The van der Waals surface area contributed by atoms with Crippen molar-refractivity contribution < 1.29 is 37.6 Å². The third-order valence-electron chi connectivity index (χ3n) is 8.62. The summed E-state index contributed by atoms with van der Waals surface area (Å²) >= 11 is 0. The van der Waals surface area contributed by atoms with Gasteiger partial charge < -0.3 is 20.1 Å². The molecule has 0 saturated carbocycles. The number of ether oxygens (including phenoxy) is 2. The van der Waals surface area contributed by atoms with Crippen LogP contribution in [-0.2, 0) is 32.7 Å². The summed E-state index contributed by atoms with van der Waals surface area (Å²) < 4.78 is 32.7. The van der Waals surface area contributed by atoms with Crippen molar-refractivity contribution in [3.63, 3.8) is 0 Å². The molecular formula is C45H78NO8P. The maximum absolute atomic E-state index is 12.5. The van der Waals surface area contributed by atoms with E-state index in [1.807, 2.05) is 12.2 Å². The van der Waals surface area contributed by atoms with Crippen molar-refractivity contribution in [1.29, 1.82) is 0 Å². The lowest BCUT2D eigenvalue weighted by molar-refractivity contribution is -0.161. The van der Waals surface area contributed by atoms with Gasteiger partial charge in [0.05, 0.1) is 13.2 Å². The average molecular weight is 792 g/mol. The molecule has 0 spiro atoms. The zero-order valence-corrected chi connectivity index (χ0v) is 35.5. The predicted molar refractivity (Wildman–Crippen MR) is 229 cm³/mol. The first-order valence-electron chi connectivity index (χ1n) is 21.4. The van der Waals surface area contributed by atoms with Crippen LogP contribution >= 0.6 is 7.82 Å². The van der Waals surface area contributed by atoms with Gasteiger partial charge in [-0.2, -0.15) is 0 Å². The molecule has 0 bridgehead atoms. The SMILES string of the molecule is CC/C=C/C/C=C\C/C=C\C/C=C\C/C=C\C/C=C\CCC(=O)OC(COC(=O)CCCCCCCCCCCCCCCCC)COP(=O)(O)OCCN. The fraction of sp³-hybridized carbons (Fsp3) is 0.689. The van der Waals surface area contributed by atoms with Crippen molar-refractivity contribution in [3.05, 3.63) is 72.9 Å². The van der Waals surface area contributed by atoms with E-state index in [2.05, 4.69) is 74.6 Å². The Morgan fingerprint density at radius 1 is 0.564 bits per heavy atom. The van der Waals surface area contributed by atoms with E-state index in [4.69, 9.17) is 24.3 Å². The largest absolute Gasteiger partial charge is 0.472 e. The minimum atomic E-state index is -4.40. The number of carbonyl (C=O) groups excluding carboxylic acids is 2. The molecule has 0 radical (unpaired) electrons. The molecular weight excluding hydrogens is 713 g/mol. The molecule has 0 aromatic rings. The summed E-state index contributed by atoms with van der Waals surface area (Å²) in [7, 11) is -4.40. The lowest BCUT2D eigenvalue weighted by Gasteiger charge is -2.19. The Hall–Kier alpha value is -2.55. The van der Waals surface area contributed by atoms with Crippen LogP contribution in [0.4, 0.5) is 0 Å². The summed E-state index contributed by atoms with van der Waals surface area (Å²) in [6.45, 7) is 3.53. The van der Waals surface area contributed by atoms with Crippen LogP contribution in [0.2, 0.25) is 0 Å². The first kappa shape index (κ1) is 52.5. The number of phosphoric ester groups is 1. The van der Waals surface area contributed by atoms with Crippen molar-refractivity contribution in [2.24, 2.45) is 5.73 Å². The highest BCUT2D eigenvalue weighted by Gasteiger charge is 2.25. The van der Waals surface area contributed by atoms with Gasteiger partial charge in [0.1, 0.15) is 6.61 Å². The predicted octanol–water partition coefficient (Wildman–Crippen LogP) is 12.3. The van der Waals surface area contributed by atoms with Crippen molar-refractivity contribution in [1.82, 2.24) is 0 Å². The molecule has 10 heteroatoms. The van der Waals surface area contributed by atoms with E-state index in [0.29, 0.717) is 6.42 Å². The maximum atomic E-state index is 12.5. The number of nitrogens with two attached hydrogens (primary N) is 1. The molecule has 0 aromatic carbocycles. The molecule has 0 rings (SSSR count). The summed E-state index contributed by atoms with van der Waals surface area (Å²) in [6, 6.07) is 0. The van der Waals surface area contributed by atoms with E-state index >= 15 is 0 Å². The van der Waals surface area contributed by atoms with E-state index in [0.717, 1.165) is 57.8 Å². The van der Waals surface area contributed by atoms with Crippen LogP contribution in [0.1, 0.15) is 168 Å². The Morgan fingerprint density at radius 2 is 1.00 bits per heavy atom. The number of hydrogen-bond donors (Lipinski definition) is 2. The van der Waals surface area contributed by atoms with Gasteiger partial charge in [-0.15, -0.1) is 0 Å². The molecule has 0 saturated heterocycles. The van der Waals surface area contributed by atoms with Gasteiger partial charge in [0.15, 0.2) is 6.10 Å². The summed E-state index contributed by atoms with van der Waals surface area (Å²) in [4.78, 5) is 34.8. The molecule has 0 aliphatic carbocycles. The van der Waals surface area contributed by atoms with Crippen LogP contribution in [0.15, 0.2) is 72.9 Å². The summed E-state index contributed by atoms with van der Waals surface area (Å²) in [5.41, 5.74) is 5.34. The highest BCUT2D eigenvalue weighted by molar-refractivity contribution is 7.47. The summed E-state index contributed by atoms with van der Waals surface area (Å²) in [5, 5.41) is 0. The van der Waals surface area contributed by atoms with Gasteiger partial charge in [0.25, 0.3) is 0 Å². The van der Waals surface area contributed by atoms with Crippen LogP contribution in [0.3, 0.4) is 0 Å². The molecule has 55 heavy (non-hydrogen) atoms. The number of rotatable bonds is 39. The highest BCUT2D eigenvalue weighted by atomic mass is 31.2. The minimum Gasteiger partial charge on any atom is -0.462 e. The smallest absolute Gasteiger partial charge is 0.462 e. The van der Waals surface area contributed by atoms with Crippen LogP contribution < -0.4 is 5.73 Å². The Balaban J connectivity index is 4.30. The Morgan fingerprint density at radius 3 is 1.45 bits per heavy atom. The lowest BCUT2D eigenvalue weighted by Crippen LogP contribution is -2.29. The van der Waals surface area contributed by atoms with Gasteiger partial charge in [-0.05, 0) is 51.4 Å². The summed E-state index contributed by atoms with van der Waals surface area (Å²) in [5.74, 6) is -0.928. The third-order valence-corrected chi connectivity index (χ3v) is 9.60. The van der Waals surface area contributed by atoms with E-state index < -0.39 is 32.5 Å². The molecule has 0 aliphatic rings. The Kier molecular flexibility index (Phi) is 39.2. The van der Waals surface area contributed by atoms with Gasteiger partial charge in [-0.1, -0.05) is 177 Å². The zero-order chi connectivity index (χ0) is 40.3. The van der Waals surface area contributed by atoms with Gasteiger partial charge in [-0.25, -0.2) is 4.57 Å². The second-order valence-electron chi connectivity index (χ2n) is 13.8. The van der Waals surface area contributed by atoms with Gasteiger partial charge in [-0.3, -0.25) is 18.6 Å². The summed E-state index contributed by atoms with van der Waals surface area (Å²) in [6.07, 6.45) is 49.5. The second-order valence-corrected chi connectivity index (χ2v) is 15.3. The molecule has 0 heterocycles. The van der Waals surface area contributed by atoms with E-state index in [-0.39, 0.29) is 32.6 Å². The van der Waals surface area contributed by atoms with Crippen molar-refractivity contribution >= 4 is 19.8 Å². The Bertz CT molecular complexity index is 1130. The standard InChI is InChI=1S/C45H78NO8P/c1-3-5-7-9-11-13-15-17-19-20-21-22-24-26-28-30-32-34-36-38-45(48)54-43(42-53-55(49,50)52-40-39-46)41-51-44(47)37-35-33-31-29-27-25-23-18-16-14-12-10-8-6-4-2/h5,7,11,13,17,19,21-22,26,28,32,34,43H,3-4,6,8-10,12,14-16,18,20,23-25,27,29-31,33,35-42,46H2,1-2H3,(H,49,50)/b7-5+,13-11-,19-17-,22-21-,28-26-,34-32-. The lowest BCUT2D eigenvalue weighted by atomic mass is 10.0. The number of carbonyl (C=O) groups is 2. The molecule has 2 unspecified atom stereocenters. The van der Waals surface area contributed by atoms with E-state index in [1.165, 1.54) is 77.0 Å². The Labute approximate surface area is 335 Å². The number of phosphoric acid groups is 1. The van der Waals surface area contributed by atoms with Crippen molar-refractivity contribution in [2.75, 3.05) is 26.4 Å². The topological polar surface area (TPSA) is 134 Å². The van der Waals surface area contributed by atoms with Crippen LogP contribution in [0.5, 0.6) is 0 Å². The number of hydrogen-bond acceptors (Lipinski definition) is 8. The molecule has 0 aromatic heterocycles. The zero-order valence-electron chi connectivity index (χ0n) is 34.6. The minimum absolute atomic E-state index is 0.0395. The average Bonchev–Trinajstić information content (AvgIpc) is 3.17. The molecule has 2 atom stereocenters. The van der Waals surface area contributed by atoms with Crippen molar-refractivity contribution in [3.8, 4) is 0 Å². The highest BCUT2D eigenvalue weighted by Crippen LogP contribution is 2.43. The molecule has 316 valence electrons. The first-order valence-corrected chi connectivity index (χ1v) is 22.9. The normalized spacial score (nSPS) is 14.0. The van der Waals surface area contributed by atoms with Crippen LogP contribution in [0, 0.1) is 0 Å². The molecule has 0 fully saturated rings. The van der Waals surface area contributed by atoms with Crippen LogP contribution in [-0.4, -0.2) is 49.3 Å². The fourth-order valence-electron chi connectivity index (χ4n) is 5.48. The fourth-order valence-corrected chi connectivity index (χ4v) is 6.25. The number of unbranched alkanes of at least 4 members (excludes halogenated alkanes) is 14. The van der Waals surface area contributed by atoms with Gasteiger partial charge in [0.2, 0.25) is 0 Å². The molecule has 3 N–H and O–H groups in total. The van der Waals surface area contributed by atoms with Gasteiger partial charge in [0, 0.05) is 19.4 Å². The molecule has 9 nitrogen and oxygen atoms in total. The third kappa shape index (κ3) is 40.9. The van der Waals surface area contributed by atoms with E-state index in [1.54, 1.807) is 0 Å².